The molecule has 0 radical (unpaired) electrons. The molecule has 0 aromatic rings. The molecule has 1 nitrogen and oxygen atoms in total. The highest BCUT2D eigenvalue weighted by atomic mass is 14.8. The van der Waals surface area contributed by atoms with Gasteiger partial charge in [0.25, 0.3) is 0 Å². The quantitative estimate of drug-likeness (QED) is 0.623. The van der Waals surface area contributed by atoms with Gasteiger partial charge in [-0.2, -0.15) is 0 Å². The van der Waals surface area contributed by atoms with E-state index in [0.717, 1.165) is 5.92 Å². The molecule has 0 aliphatic rings. The van der Waals surface area contributed by atoms with Crippen molar-refractivity contribution in [3.05, 3.63) is 0 Å². The number of hydrogen-bond acceptors (Lipinski definition) is 1. The molecule has 1 atom stereocenters. The van der Waals surface area contributed by atoms with Gasteiger partial charge in [0.15, 0.2) is 0 Å². The van der Waals surface area contributed by atoms with E-state index in [4.69, 9.17) is 0 Å². The third-order valence-electron chi connectivity index (χ3n) is 1.91. The first-order valence-electron chi connectivity index (χ1n) is 4.34. The fourth-order valence-corrected chi connectivity index (χ4v) is 0.977. The van der Waals surface area contributed by atoms with Crippen molar-refractivity contribution < 1.29 is 0 Å². The molecule has 0 fully saturated rings. The van der Waals surface area contributed by atoms with Gasteiger partial charge >= 0.3 is 0 Å². The molecular weight excluding hydrogens is 122 g/mol. The van der Waals surface area contributed by atoms with Crippen LogP contribution < -0.4 is 5.32 Å². The van der Waals surface area contributed by atoms with Crippen molar-refractivity contribution in [3.8, 4) is 0 Å². The van der Waals surface area contributed by atoms with Gasteiger partial charge < -0.3 is 5.32 Å². The highest BCUT2D eigenvalue weighted by Crippen LogP contribution is 2.07. The predicted octanol–water partition coefficient (Wildman–Crippen LogP) is 2.42. The molecule has 10 heavy (non-hydrogen) atoms. The maximum absolute atomic E-state index is 3.24. The van der Waals surface area contributed by atoms with Crippen molar-refractivity contribution in [1.82, 2.24) is 5.32 Å². The van der Waals surface area contributed by atoms with Gasteiger partial charge in [0, 0.05) is 6.04 Å². The molecule has 0 bridgehead atoms. The minimum absolute atomic E-state index is 0.693. The molecule has 0 rings (SSSR count). The van der Waals surface area contributed by atoms with Crippen LogP contribution in [-0.2, 0) is 0 Å². The Morgan fingerprint density at radius 1 is 1.10 bits per heavy atom. The van der Waals surface area contributed by atoms with E-state index in [1.54, 1.807) is 0 Å². The zero-order chi connectivity index (χ0) is 7.98. The molecule has 0 heterocycles. The SMILES string of the molecule is CNC(C)CCCC(C)C. The van der Waals surface area contributed by atoms with Crippen molar-refractivity contribution in [2.75, 3.05) is 7.05 Å². The van der Waals surface area contributed by atoms with E-state index in [1.165, 1.54) is 19.3 Å². The molecule has 1 unspecified atom stereocenters. The highest BCUT2D eigenvalue weighted by molar-refractivity contribution is 4.57. The Kier molecular flexibility index (Phi) is 5.70. The minimum atomic E-state index is 0.693. The smallest absolute Gasteiger partial charge is 0.00357 e. The van der Waals surface area contributed by atoms with E-state index in [0.29, 0.717) is 6.04 Å². The van der Waals surface area contributed by atoms with Gasteiger partial charge in [-0.3, -0.25) is 0 Å². The zero-order valence-electron chi connectivity index (χ0n) is 7.78. The van der Waals surface area contributed by atoms with E-state index in [9.17, 15) is 0 Å². The van der Waals surface area contributed by atoms with E-state index < -0.39 is 0 Å². The lowest BCUT2D eigenvalue weighted by atomic mass is 10.0. The van der Waals surface area contributed by atoms with Crippen LogP contribution in [0.3, 0.4) is 0 Å². The Balaban J connectivity index is 3.03. The molecule has 0 spiro atoms. The summed E-state index contributed by atoms with van der Waals surface area (Å²) in [7, 11) is 2.03. The van der Waals surface area contributed by atoms with Crippen molar-refractivity contribution in [2.45, 2.75) is 46.1 Å². The summed E-state index contributed by atoms with van der Waals surface area (Å²) in [6.45, 7) is 6.80. The van der Waals surface area contributed by atoms with Crippen molar-refractivity contribution >= 4 is 0 Å². The normalized spacial score (nSPS) is 14.1. The number of rotatable bonds is 5. The maximum atomic E-state index is 3.24. The van der Waals surface area contributed by atoms with E-state index in [-0.39, 0.29) is 0 Å². The highest BCUT2D eigenvalue weighted by Gasteiger charge is 1.98. The Morgan fingerprint density at radius 2 is 1.70 bits per heavy atom. The largest absolute Gasteiger partial charge is 0.317 e. The Hall–Kier alpha value is -0.0400. The van der Waals surface area contributed by atoms with Crippen LogP contribution in [0.15, 0.2) is 0 Å². The molecule has 1 heteroatoms. The van der Waals surface area contributed by atoms with Crippen LogP contribution in [0, 0.1) is 5.92 Å². The van der Waals surface area contributed by atoms with Crippen LogP contribution in [0.1, 0.15) is 40.0 Å². The molecule has 62 valence electrons. The van der Waals surface area contributed by atoms with Crippen LogP contribution in [0.5, 0.6) is 0 Å². The second kappa shape index (κ2) is 5.72. The van der Waals surface area contributed by atoms with Crippen LogP contribution in [-0.4, -0.2) is 13.1 Å². The molecule has 0 saturated heterocycles. The third kappa shape index (κ3) is 6.09. The van der Waals surface area contributed by atoms with Gasteiger partial charge in [-0.15, -0.1) is 0 Å². The average Bonchev–Trinajstić information content (AvgIpc) is 1.87. The standard InChI is InChI=1S/C9H21N/c1-8(2)6-5-7-9(3)10-4/h8-10H,5-7H2,1-4H3. The molecule has 0 aromatic carbocycles. The molecule has 0 aromatic heterocycles. The first-order chi connectivity index (χ1) is 4.66. The number of hydrogen-bond donors (Lipinski definition) is 1. The van der Waals surface area contributed by atoms with Crippen molar-refractivity contribution in [2.24, 2.45) is 5.92 Å². The molecule has 0 amide bonds. The fourth-order valence-electron chi connectivity index (χ4n) is 0.977. The maximum Gasteiger partial charge on any atom is 0.00357 e. The van der Waals surface area contributed by atoms with Crippen LogP contribution in [0.25, 0.3) is 0 Å². The van der Waals surface area contributed by atoms with Gasteiger partial charge in [0.1, 0.15) is 0 Å². The van der Waals surface area contributed by atoms with Crippen LogP contribution >= 0.6 is 0 Å². The second-order valence-corrected chi connectivity index (χ2v) is 3.51. The molecule has 0 saturated carbocycles. The van der Waals surface area contributed by atoms with Crippen molar-refractivity contribution in [1.29, 1.82) is 0 Å². The first-order valence-corrected chi connectivity index (χ1v) is 4.34. The van der Waals surface area contributed by atoms with E-state index in [2.05, 4.69) is 26.1 Å². The summed E-state index contributed by atoms with van der Waals surface area (Å²) in [5.41, 5.74) is 0. The van der Waals surface area contributed by atoms with Gasteiger partial charge in [-0.25, -0.2) is 0 Å². The first kappa shape index (κ1) is 9.96. The van der Waals surface area contributed by atoms with Crippen molar-refractivity contribution in [3.63, 3.8) is 0 Å². The summed E-state index contributed by atoms with van der Waals surface area (Å²) in [4.78, 5) is 0. The summed E-state index contributed by atoms with van der Waals surface area (Å²) in [6.07, 6.45) is 4.04. The lowest BCUT2D eigenvalue weighted by Crippen LogP contribution is -2.20. The predicted molar refractivity (Wildman–Crippen MR) is 47.2 cm³/mol. The third-order valence-corrected chi connectivity index (χ3v) is 1.91. The monoisotopic (exact) mass is 143 g/mol. The van der Waals surface area contributed by atoms with Gasteiger partial charge in [-0.05, 0) is 26.3 Å². The molecular formula is C9H21N. The summed E-state index contributed by atoms with van der Waals surface area (Å²) in [5, 5.41) is 3.24. The lowest BCUT2D eigenvalue weighted by Gasteiger charge is -2.10. The zero-order valence-corrected chi connectivity index (χ0v) is 7.78. The van der Waals surface area contributed by atoms with E-state index >= 15 is 0 Å². The summed E-state index contributed by atoms with van der Waals surface area (Å²) in [6, 6.07) is 0.693. The van der Waals surface area contributed by atoms with Crippen LogP contribution in [0.4, 0.5) is 0 Å². The minimum Gasteiger partial charge on any atom is -0.317 e. The topological polar surface area (TPSA) is 12.0 Å². The molecule has 1 N–H and O–H groups in total. The fraction of sp³-hybridized carbons (Fsp3) is 1.00. The second-order valence-electron chi connectivity index (χ2n) is 3.51. The Bertz CT molecular complexity index is 69.1. The molecule has 0 aliphatic carbocycles. The van der Waals surface area contributed by atoms with Crippen LogP contribution in [0.2, 0.25) is 0 Å². The number of nitrogens with one attached hydrogen (secondary N) is 1. The summed E-state index contributed by atoms with van der Waals surface area (Å²) >= 11 is 0. The molecule has 0 aliphatic heterocycles. The Labute approximate surface area is 65.2 Å². The van der Waals surface area contributed by atoms with E-state index in [1.807, 2.05) is 7.05 Å². The summed E-state index contributed by atoms with van der Waals surface area (Å²) < 4.78 is 0. The average molecular weight is 143 g/mol. The van der Waals surface area contributed by atoms with Gasteiger partial charge in [0.2, 0.25) is 0 Å². The van der Waals surface area contributed by atoms with Gasteiger partial charge in [0.05, 0.1) is 0 Å². The lowest BCUT2D eigenvalue weighted by molar-refractivity contribution is 0.479. The van der Waals surface area contributed by atoms with Gasteiger partial charge in [-0.1, -0.05) is 26.7 Å². The summed E-state index contributed by atoms with van der Waals surface area (Å²) in [5.74, 6) is 0.865. The Morgan fingerprint density at radius 3 is 2.10 bits per heavy atom.